The van der Waals surface area contributed by atoms with Crippen LogP contribution in [0.5, 0.6) is 17.2 Å². The van der Waals surface area contributed by atoms with Gasteiger partial charge in [0, 0.05) is 6.54 Å². The molecule has 0 fully saturated rings. The summed E-state index contributed by atoms with van der Waals surface area (Å²) in [5, 5.41) is 15.8. The minimum atomic E-state index is -0.0659. The molecule has 0 aliphatic carbocycles. The van der Waals surface area contributed by atoms with Crippen LogP contribution in [0, 0.1) is 0 Å². The van der Waals surface area contributed by atoms with E-state index in [-0.39, 0.29) is 11.9 Å². The van der Waals surface area contributed by atoms with E-state index in [1.54, 1.807) is 19.2 Å². The standard InChI is InChI=1S/C20H27N3O3/c1-4-21-20(23-14-16-9-11-17(24)12-10-16)22-13-15(2)26-19-8-6-5-7-18(19)25-3/h5-12,15,24H,4,13-14H2,1-3H3,(H2,21,22,23). The molecular weight excluding hydrogens is 330 g/mol. The highest BCUT2D eigenvalue weighted by atomic mass is 16.5. The molecule has 1 unspecified atom stereocenters. The second-order valence-corrected chi connectivity index (χ2v) is 5.82. The van der Waals surface area contributed by atoms with E-state index in [2.05, 4.69) is 15.6 Å². The lowest BCUT2D eigenvalue weighted by molar-refractivity contribution is 0.213. The summed E-state index contributed by atoms with van der Waals surface area (Å²) >= 11 is 0. The van der Waals surface area contributed by atoms with Gasteiger partial charge in [0.15, 0.2) is 17.5 Å². The molecule has 0 aliphatic heterocycles. The van der Waals surface area contributed by atoms with Crippen LogP contribution in [0.1, 0.15) is 19.4 Å². The maximum atomic E-state index is 9.34. The number of guanidine groups is 1. The molecule has 6 heteroatoms. The van der Waals surface area contributed by atoms with Crippen molar-refractivity contribution in [3.05, 3.63) is 54.1 Å². The van der Waals surface area contributed by atoms with Gasteiger partial charge in [0.2, 0.25) is 0 Å². The molecule has 0 radical (unpaired) electrons. The Balaban J connectivity index is 1.90. The highest BCUT2D eigenvalue weighted by Crippen LogP contribution is 2.26. The first-order chi connectivity index (χ1) is 12.6. The lowest BCUT2D eigenvalue weighted by Gasteiger charge is -2.19. The van der Waals surface area contributed by atoms with Gasteiger partial charge in [0.05, 0.1) is 20.2 Å². The lowest BCUT2D eigenvalue weighted by Crippen LogP contribution is -2.41. The van der Waals surface area contributed by atoms with E-state index in [0.29, 0.717) is 18.8 Å². The molecule has 2 rings (SSSR count). The van der Waals surface area contributed by atoms with Gasteiger partial charge in [-0.3, -0.25) is 0 Å². The van der Waals surface area contributed by atoms with E-state index >= 15 is 0 Å². The number of phenolic OH excluding ortho intramolecular Hbond substituents is 1. The van der Waals surface area contributed by atoms with Gasteiger partial charge in [-0.15, -0.1) is 0 Å². The fourth-order valence-corrected chi connectivity index (χ4v) is 2.33. The molecule has 26 heavy (non-hydrogen) atoms. The average molecular weight is 357 g/mol. The van der Waals surface area contributed by atoms with Gasteiger partial charge in [-0.05, 0) is 43.7 Å². The summed E-state index contributed by atoms with van der Waals surface area (Å²) in [7, 11) is 1.63. The second kappa shape index (κ2) is 10.2. The molecule has 0 heterocycles. The molecule has 6 nitrogen and oxygen atoms in total. The molecule has 1 atom stereocenters. The van der Waals surface area contributed by atoms with Gasteiger partial charge in [-0.1, -0.05) is 24.3 Å². The topological polar surface area (TPSA) is 75.1 Å². The van der Waals surface area contributed by atoms with E-state index in [9.17, 15) is 5.11 Å². The molecule has 0 spiro atoms. The van der Waals surface area contributed by atoms with Crippen molar-refractivity contribution < 1.29 is 14.6 Å². The van der Waals surface area contributed by atoms with Crippen molar-refractivity contribution in [2.45, 2.75) is 26.5 Å². The number of phenols is 1. The van der Waals surface area contributed by atoms with Crippen LogP contribution in [0.4, 0.5) is 0 Å². The Kier molecular flexibility index (Phi) is 7.61. The largest absolute Gasteiger partial charge is 0.508 e. The van der Waals surface area contributed by atoms with Gasteiger partial charge in [-0.25, -0.2) is 4.99 Å². The van der Waals surface area contributed by atoms with E-state index in [1.807, 2.05) is 50.2 Å². The van der Waals surface area contributed by atoms with E-state index in [1.165, 1.54) is 0 Å². The number of para-hydroxylation sites is 2. The van der Waals surface area contributed by atoms with Crippen molar-refractivity contribution in [1.82, 2.24) is 10.6 Å². The normalized spacial score (nSPS) is 12.3. The summed E-state index contributed by atoms with van der Waals surface area (Å²) in [6.07, 6.45) is -0.0659. The lowest BCUT2D eigenvalue weighted by atomic mass is 10.2. The second-order valence-electron chi connectivity index (χ2n) is 5.82. The number of methoxy groups -OCH3 is 1. The molecular formula is C20H27N3O3. The highest BCUT2D eigenvalue weighted by Gasteiger charge is 2.09. The quantitative estimate of drug-likeness (QED) is 0.500. The molecule has 0 saturated heterocycles. The van der Waals surface area contributed by atoms with Crippen molar-refractivity contribution in [3.8, 4) is 17.2 Å². The van der Waals surface area contributed by atoms with E-state index < -0.39 is 0 Å². The zero-order valence-electron chi connectivity index (χ0n) is 15.5. The minimum Gasteiger partial charge on any atom is -0.508 e. The maximum absolute atomic E-state index is 9.34. The zero-order valence-corrected chi connectivity index (χ0v) is 15.5. The summed E-state index contributed by atoms with van der Waals surface area (Å²) in [5.41, 5.74) is 1.03. The van der Waals surface area contributed by atoms with Gasteiger partial charge < -0.3 is 25.2 Å². The molecule has 0 bridgehead atoms. The Hall–Kier alpha value is -2.89. The number of rotatable bonds is 8. The van der Waals surface area contributed by atoms with Crippen LogP contribution in [0.2, 0.25) is 0 Å². The SMILES string of the molecule is CCNC(=NCc1ccc(O)cc1)NCC(C)Oc1ccccc1OC. The molecule has 2 aromatic carbocycles. The number of nitrogens with one attached hydrogen (secondary N) is 2. The maximum Gasteiger partial charge on any atom is 0.191 e. The van der Waals surface area contributed by atoms with Crippen LogP contribution >= 0.6 is 0 Å². The Morgan fingerprint density at radius 3 is 2.42 bits per heavy atom. The number of hydrogen-bond donors (Lipinski definition) is 3. The van der Waals surface area contributed by atoms with Crippen molar-refractivity contribution in [2.24, 2.45) is 4.99 Å². The van der Waals surface area contributed by atoms with Gasteiger partial charge in [-0.2, -0.15) is 0 Å². The smallest absolute Gasteiger partial charge is 0.191 e. The third kappa shape index (κ3) is 6.20. The first kappa shape index (κ1) is 19.4. The predicted molar refractivity (Wildman–Crippen MR) is 104 cm³/mol. The van der Waals surface area contributed by atoms with Crippen molar-refractivity contribution in [3.63, 3.8) is 0 Å². The van der Waals surface area contributed by atoms with Crippen LogP contribution < -0.4 is 20.1 Å². The molecule has 3 N–H and O–H groups in total. The molecule has 0 amide bonds. The fraction of sp³-hybridized carbons (Fsp3) is 0.350. The first-order valence-electron chi connectivity index (χ1n) is 8.72. The Labute approximate surface area is 154 Å². The summed E-state index contributed by atoms with van der Waals surface area (Å²) in [4.78, 5) is 4.56. The highest BCUT2D eigenvalue weighted by molar-refractivity contribution is 5.79. The number of aliphatic imine (C=N–C) groups is 1. The average Bonchev–Trinajstić information content (AvgIpc) is 2.65. The number of ether oxygens (including phenoxy) is 2. The molecule has 0 aliphatic rings. The predicted octanol–water partition coefficient (Wildman–Crippen LogP) is 2.92. The monoisotopic (exact) mass is 357 g/mol. The van der Waals surface area contributed by atoms with Crippen LogP contribution in [0.15, 0.2) is 53.5 Å². The summed E-state index contributed by atoms with van der Waals surface area (Å²) in [6.45, 7) is 5.90. The van der Waals surface area contributed by atoms with Crippen LogP contribution in [-0.4, -0.2) is 37.4 Å². The zero-order chi connectivity index (χ0) is 18.8. The third-order valence-corrected chi connectivity index (χ3v) is 3.65. The van der Waals surface area contributed by atoms with Crippen molar-refractivity contribution in [1.29, 1.82) is 0 Å². The third-order valence-electron chi connectivity index (χ3n) is 3.65. The first-order valence-corrected chi connectivity index (χ1v) is 8.72. The van der Waals surface area contributed by atoms with Gasteiger partial charge in [0.25, 0.3) is 0 Å². The van der Waals surface area contributed by atoms with Crippen LogP contribution in [0.3, 0.4) is 0 Å². The van der Waals surface area contributed by atoms with E-state index in [0.717, 1.165) is 23.8 Å². The Morgan fingerprint density at radius 1 is 1.08 bits per heavy atom. The number of nitrogens with zero attached hydrogens (tertiary/aromatic N) is 1. The summed E-state index contributed by atoms with van der Waals surface area (Å²) in [6, 6.07) is 14.6. The number of hydrogen-bond acceptors (Lipinski definition) is 4. The Morgan fingerprint density at radius 2 is 1.77 bits per heavy atom. The number of aromatic hydroxyl groups is 1. The van der Waals surface area contributed by atoms with Crippen molar-refractivity contribution in [2.75, 3.05) is 20.2 Å². The van der Waals surface area contributed by atoms with Crippen molar-refractivity contribution >= 4 is 5.96 Å². The van der Waals surface area contributed by atoms with Gasteiger partial charge in [0.1, 0.15) is 11.9 Å². The number of benzene rings is 2. The van der Waals surface area contributed by atoms with Crippen LogP contribution in [-0.2, 0) is 6.54 Å². The Bertz CT molecular complexity index is 702. The minimum absolute atomic E-state index is 0.0659. The van der Waals surface area contributed by atoms with Gasteiger partial charge >= 0.3 is 0 Å². The van der Waals surface area contributed by atoms with E-state index in [4.69, 9.17) is 9.47 Å². The molecule has 140 valence electrons. The molecule has 2 aromatic rings. The molecule has 0 saturated carbocycles. The summed E-state index contributed by atoms with van der Waals surface area (Å²) < 4.78 is 11.2. The van der Waals surface area contributed by atoms with Crippen LogP contribution in [0.25, 0.3) is 0 Å². The molecule has 0 aromatic heterocycles. The fourth-order valence-electron chi connectivity index (χ4n) is 2.33. The summed E-state index contributed by atoms with van der Waals surface area (Å²) in [5.74, 6) is 2.41.